The van der Waals surface area contributed by atoms with E-state index in [1.807, 2.05) is 48.5 Å². The van der Waals surface area contributed by atoms with Crippen molar-refractivity contribution >= 4 is 24.1 Å². The van der Waals surface area contributed by atoms with Crippen molar-refractivity contribution in [2.75, 3.05) is 13.1 Å². The fourth-order valence-corrected chi connectivity index (χ4v) is 5.52. The van der Waals surface area contributed by atoms with Gasteiger partial charge in [0.25, 0.3) is 11.8 Å². The Bertz CT molecular complexity index is 1450. The van der Waals surface area contributed by atoms with Gasteiger partial charge in [0.2, 0.25) is 12.3 Å². The summed E-state index contributed by atoms with van der Waals surface area (Å²) >= 11 is 0. The molecule has 2 aliphatic heterocycles. The normalized spacial score (nSPS) is 17.2. The predicted octanol–water partition coefficient (Wildman–Crippen LogP) is 4.00. The van der Waals surface area contributed by atoms with Gasteiger partial charge in [0, 0.05) is 32.1 Å². The number of carbonyl (C=O) groups excluding carboxylic acids is 4. The molecule has 41 heavy (non-hydrogen) atoms. The molecular weight excluding hydrogens is 522 g/mol. The minimum absolute atomic E-state index is 0.0131. The highest BCUT2D eigenvalue weighted by molar-refractivity contribution is 6.21. The van der Waals surface area contributed by atoms with Gasteiger partial charge in [-0.2, -0.15) is 0 Å². The molecule has 3 aromatic carbocycles. The molecule has 0 bridgehead atoms. The van der Waals surface area contributed by atoms with Gasteiger partial charge in [-0.15, -0.1) is 0 Å². The molecule has 212 valence electrons. The lowest BCUT2D eigenvalue weighted by atomic mass is 9.83. The number of rotatable bonds is 10. The van der Waals surface area contributed by atoms with Gasteiger partial charge in [0.05, 0.1) is 16.7 Å². The van der Waals surface area contributed by atoms with Crippen molar-refractivity contribution in [3.63, 3.8) is 0 Å². The number of piperidine rings is 1. The topological polar surface area (TPSA) is 116 Å². The van der Waals surface area contributed by atoms with E-state index in [2.05, 4.69) is 16.3 Å². The van der Waals surface area contributed by atoms with Crippen LogP contribution in [0.4, 0.5) is 0 Å². The van der Waals surface area contributed by atoms with E-state index < -0.39 is 29.4 Å². The predicted molar refractivity (Wildman–Crippen MR) is 151 cm³/mol. The molecule has 0 saturated carbocycles. The summed E-state index contributed by atoms with van der Waals surface area (Å²) in [7, 11) is 0. The number of aliphatic hydroxyl groups is 1. The Morgan fingerprint density at radius 3 is 2.41 bits per heavy atom. The largest absolute Gasteiger partial charge is 0.457 e. The third-order valence-corrected chi connectivity index (χ3v) is 7.87. The summed E-state index contributed by atoms with van der Waals surface area (Å²) in [4.78, 5) is 51.7. The van der Waals surface area contributed by atoms with Gasteiger partial charge in [-0.1, -0.05) is 36.4 Å². The standard InChI is InChI=1S/C32H33N3O6/c1-22(10-13-29(37)33-21-36)35-30(38)27-12-11-24(19-28(27)31(35)39)32(40)14-16-34(17-15-32)20-23-6-5-9-26(18-23)41-25-7-3-2-4-8-25/h2-9,11-12,18-19,21-22,40H,10,13-17,20H2,1H3,(H,33,36,37). The number of para-hydroxylation sites is 1. The Balaban J connectivity index is 1.21. The third kappa shape index (κ3) is 6.21. The van der Waals surface area contributed by atoms with Crippen LogP contribution in [-0.4, -0.2) is 58.2 Å². The van der Waals surface area contributed by atoms with Gasteiger partial charge in [0.1, 0.15) is 11.5 Å². The lowest BCUT2D eigenvalue weighted by Gasteiger charge is -2.38. The number of imide groups is 2. The first-order valence-corrected chi connectivity index (χ1v) is 13.8. The first-order chi connectivity index (χ1) is 19.8. The molecule has 9 heteroatoms. The fourth-order valence-electron chi connectivity index (χ4n) is 5.52. The van der Waals surface area contributed by atoms with Crippen LogP contribution in [0.25, 0.3) is 0 Å². The molecule has 2 heterocycles. The number of carbonyl (C=O) groups is 4. The maximum Gasteiger partial charge on any atom is 0.261 e. The monoisotopic (exact) mass is 555 g/mol. The maximum atomic E-state index is 13.2. The molecule has 0 spiro atoms. The van der Waals surface area contributed by atoms with Crippen LogP contribution in [0.5, 0.6) is 11.5 Å². The van der Waals surface area contributed by atoms with E-state index in [0.29, 0.717) is 43.5 Å². The van der Waals surface area contributed by atoms with Crippen molar-refractivity contribution in [3.8, 4) is 11.5 Å². The van der Waals surface area contributed by atoms with Crippen molar-refractivity contribution in [1.82, 2.24) is 15.1 Å². The molecule has 0 aliphatic carbocycles. The molecule has 0 aromatic heterocycles. The first kappa shape index (κ1) is 28.2. The number of nitrogens with one attached hydrogen (secondary N) is 1. The lowest BCUT2D eigenvalue weighted by Crippen LogP contribution is -2.42. The first-order valence-electron chi connectivity index (χ1n) is 13.8. The fraction of sp³-hybridized carbons (Fsp3) is 0.312. The van der Waals surface area contributed by atoms with Crippen LogP contribution in [0.2, 0.25) is 0 Å². The van der Waals surface area contributed by atoms with E-state index in [0.717, 1.165) is 28.5 Å². The van der Waals surface area contributed by atoms with E-state index >= 15 is 0 Å². The van der Waals surface area contributed by atoms with Crippen molar-refractivity contribution in [1.29, 1.82) is 0 Å². The minimum Gasteiger partial charge on any atom is -0.457 e. The third-order valence-electron chi connectivity index (χ3n) is 7.87. The number of amides is 4. The molecule has 4 amide bonds. The summed E-state index contributed by atoms with van der Waals surface area (Å²) in [6, 6.07) is 22.1. The summed E-state index contributed by atoms with van der Waals surface area (Å²) in [5, 5.41) is 13.6. The molecular formula is C32H33N3O6. The van der Waals surface area contributed by atoms with Crippen LogP contribution in [0.1, 0.15) is 64.4 Å². The van der Waals surface area contributed by atoms with Crippen LogP contribution in [0.3, 0.4) is 0 Å². The highest BCUT2D eigenvalue weighted by Gasteiger charge is 2.41. The van der Waals surface area contributed by atoms with Crippen LogP contribution in [0, 0.1) is 0 Å². The molecule has 5 rings (SSSR count). The van der Waals surface area contributed by atoms with Gasteiger partial charge < -0.3 is 9.84 Å². The molecule has 1 atom stereocenters. The molecule has 2 N–H and O–H groups in total. The number of nitrogens with zero attached hydrogens (tertiary/aromatic N) is 2. The number of benzene rings is 3. The highest BCUT2D eigenvalue weighted by Crippen LogP contribution is 2.36. The Morgan fingerprint density at radius 2 is 1.68 bits per heavy atom. The molecule has 0 radical (unpaired) electrons. The molecule has 9 nitrogen and oxygen atoms in total. The Hall–Kier alpha value is -4.34. The average Bonchev–Trinajstić information content (AvgIpc) is 3.23. The zero-order valence-corrected chi connectivity index (χ0v) is 22.9. The van der Waals surface area contributed by atoms with Crippen LogP contribution >= 0.6 is 0 Å². The van der Waals surface area contributed by atoms with Crippen molar-refractivity contribution < 1.29 is 29.0 Å². The van der Waals surface area contributed by atoms with E-state index in [4.69, 9.17) is 4.74 Å². The van der Waals surface area contributed by atoms with Gasteiger partial charge in [-0.05, 0) is 73.7 Å². The SMILES string of the molecule is CC(CCC(=O)NC=O)N1C(=O)c2ccc(C3(O)CCN(Cc4cccc(Oc5ccccc5)c4)CC3)cc2C1=O. The quantitative estimate of drug-likeness (QED) is 0.287. The summed E-state index contributed by atoms with van der Waals surface area (Å²) in [5.41, 5.74) is 1.18. The lowest BCUT2D eigenvalue weighted by molar-refractivity contribution is -0.125. The minimum atomic E-state index is -1.11. The zero-order chi connectivity index (χ0) is 29.0. The summed E-state index contributed by atoms with van der Waals surface area (Å²) < 4.78 is 5.96. The second kappa shape index (κ2) is 12.0. The molecule has 2 aliphatic rings. The number of hydrogen-bond acceptors (Lipinski definition) is 7. The highest BCUT2D eigenvalue weighted by atomic mass is 16.5. The zero-order valence-electron chi connectivity index (χ0n) is 22.9. The summed E-state index contributed by atoms with van der Waals surface area (Å²) in [6.45, 7) is 3.74. The van der Waals surface area contributed by atoms with Crippen LogP contribution < -0.4 is 10.1 Å². The van der Waals surface area contributed by atoms with Gasteiger partial charge in [-0.25, -0.2) is 0 Å². The molecule has 1 fully saturated rings. The molecule has 3 aromatic rings. The van der Waals surface area contributed by atoms with E-state index in [1.165, 1.54) is 0 Å². The van der Waals surface area contributed by atoms with E-state index in [1.54, 1.807) is 25.1 Å². The second-order valence-corrected chi connectivity index (χ2v) is 10.7. The van der Waals surface area contributed by atoms with Gasteiger partial charge in [0.15, 0.2) is 0 Å². The number of fused-ring (bicyclic) bond motifs is 1. The van der Waals surface area contributed by atoms with Crippen molar-refractivity contribution in [2.45, 2.75) is 50.8 Å². The van der Waals surface area contributed by atoms with Gasteiger partial charge in [-0.3, -0.25) is 34.3 Å². The maximum absolute atomic E-state index is 13.2. The molecule has 1 saturated heterocycles. The van der Waals surface area contributed by atoms with Crippen molar-refractivity contribution in [3.05, 3.63) is 95.1 Å². The Kier molecular flexibility index (Phi) is 8.28. The van der Waals surface area contributed by atoms with Gasteiger partial charge >= 0.3 is 0 Å². The second-order valence-electron chi connectivity index (χ2n) is 10.7. The Labute approximate surface area is 238 Å². The van der Waals surface area contributed by atoms with E-state index in [-0.39, 0.29) is 18.4 Å². The summed E-state index contributed by atoms with van der Waals surface area (Å²) in [5.74, 6) is 0.232. The van der Waals surface area contributed by atoms with Crippen LogP contribution in [0.15, 0.2) is 72.8 Å². The van der Waals surface area contributed by atoms with Crippen molar-refractivity contribution in [2.24, 2.45) is 0 Å². The number of likely N-dealkylation sites (tertiary alicyclic amines) is 1. The van der Waals surface area contributed by atoms with Crippen LogP contribution in [-0.2, 0) is 21.7 Å². The molecule has 1 unspecified atom stereocenters. The van der Waals surface area contributed by atoms with E-state index in [9.17, 15) is 24.3 Å². The number of hydrogen-bond donors (Lipinski definition) is 2. The smallest absolute Gasteiger partial charge is 0.261 e. The average molecular weight is 556 g/mol. The Morgan fingerprint density at radius 1 is 0.976 bits per heavy atom. The summed E-state index contributed by atoms with van der Waals surface area (Å²) in [6.07, 6.45) is 1.53. The number of ether oxygens (including phenoxy) is 1.